The van der Waals surface area contributed by atoms with Crippen LogP contribution in [0.5, 0.6) is 0 Å². The standard InChI is InChI=1S/C22H20N2O6/c1-14(24-17-10-4-5-11-18(17)30-22(24)28)21(27)29-13-7-6-12-23-19(25)15-8-2-3-9-16(15)20(23)26/h2-5,8-11,14H,6-7,12-13H2,1H3/t14-/m1/s1. The van der Waals surface area contributed by atoms with Crippen molar-refractivity contribution in [2.75, 3.05) is 13.2 Å². The van der Waals surface area contributed by atoms with Gasteiger partial charge in [0, 0.05) is 6.54 Å². The molecule has 30 heavy (non-hydrogen) atoms. The predicted molar refractivity (Wildman–Crippen MR) is 107 cm³/mol. The topological polar surface area (TPSA) is 98.8 Å². The summed E-state index contributed by atoms with van der Waals surface area (Å²) in [6.45, 7) is 1.95. The fourth-order valence-corrected chi connectivity index (χ4v) is 3.56. The molecule has 0 N–H and O–H groups in total. The molecule has 0 bridgehead atoms. The van der Waals surface area contributed by atoms with E-state index in [1.54, 1.807) is 55.5 Å². The number of unbranched alkanes of at least 4 members (excludes halogenated alkanes) is 1. The number of para-hydroxylation sites is 2. The highest BCUT2D eigenvalue weighted by molar-refractivity contribution is 6.21. The number of carbonyl (C=O) groups is 3. The number of hydrogen-bond donors (Lipinski definition) is 0. The Bertz CT molecular complexity index is 1160. The molecule has 1 atom stereocenters. The SMILES string of the molecule is C[C@H](C(=O)OCCCCN1C(=O)c2ccccc2C1=O)n1c(=O)oc2ccccc21. The molecule has 2 heterocycles. The maximum Gasteiger partial charge on any atom is 0.420 e. The monoisotopic (exact) mass is 408 g/mol. The number of esters is 1. The summed E-state index contributed by atoms with van der Waals surface area (Å²) < 4.78 is 11.7. The Kier molecular flexibility index (Phi) is 5.22. The lowest BCUT2D eigenvalue weighted by Crippen LogP contribution is -2.31. The van der Waals surface area contributed by atoms with Gasteiger partial charge < -0.3 is 9.15 Å². The molecule has 0 saturated carbocycles. The number of aromatic nitrogens is 1. The fraction of sp³-hybridized carbons (Fsp3) is 0.273. The number of hydrogen-bond acceptors (Lipinski definition) is 6. The van der Waals surface area contributed by atoms with Crippen molar-refractivity contribution in [2.24, 2.45) is 0 Å². The molecule has 0 saturated heterocycles. The molecule has 0 spiro atoms. The van der Waals surface area contributed by atoms with Crippen molar-refractivity contribution in [1.29, 1.82) is 0 Å². The number of amides is 2. The largest absolute Gasteiger partial charge is 0.464 e. The fourth-order valence-electron chi connectivity index (χ4n) is 3.56. The Labute approximate surface area is 171 Å². The van der Waals surface area contributed by atoms with Crippen LogP contribution in [0.15, 0.2) is 57.7 Å². The van der Waals surface area contributed by atoms with Gasteiger partial charge >= 0.3 is 11.7 Å². The quantitative estimate of drug-likeness (QED) is 0.339. The van der Waals surface area contributed by atoms with Gasteiger partial charge in [0.2, 0.25) is 0 Å². The summed E-state index contributed by atoms with van der Waals surface area (Å²) in [6, 6.07) is 12.7. The lowest BCUT2D eigenvalue weighted by molar-refractivity contribution is -0.147. The van der Waals surface area contributed by atoms with Gasteiger partial charge in [-0.15, -0.1) is 0 Å². The van der Waals surface area contributed by atoms with E-state index in [4.69, 9.17) is 9.15 Å². The van der Waals surface area contributed by atoms with Gasteiger partial charge in [0.15, 0.2) is 5.58 Å². The van der Waals surface area contributed by atoms with Crippen LogP contribution in [0, 0.1) is 0 Å². The number of imide groups is 1. The van der Waals surface area contributed by atoms with Crippen LogP contribution in [0.2, 0.25) is 0 Å². The molecule has 0 fully saturated rings. The van der Waals surface area contributed by atoms with Crippen LogP contribution in [-0.4, -0.2) is 40.4 Å². The van der Waals surface area contributed by atoms with Crippen LogP contribution in [0.3, 0.4) is 0 Å². The van der Waals surface area contributed by atoms with Crippen molar-refractivity contribution in [2.45, 2.75) is 25.8 Å². The predicted octanol–water partition coefficient (Wildman–Crippen LogP) is 2.78. The molecule has 154 valence electrons. The van der Waals surface area contributed by atoms with Gasteiger partial charge in [0.1, 0.15) is 6.04 Å². The van der Waals surface area contributed by atoms with E-state index in [-0.39, 0.29) is 25.0 Å². The Morgan fingerprint density at radius 2 is 1.60 bits per heavy atom. The zero-order valence-electron chi connectivity index (χ0n) is 16.4. The lowest BCUT2D eigenvalue weighted by atomic mass is 10.1. The minimum atomic E-state index is -0.836. The van der Waals surface area contributed by atoms with Gasteiger partial charge in [-0.3, -0.25) is 19.1 Å². The first-order valence-electron chi connectivity index (χ1n) is 9.71. The molecular formula is C22H20N2O6. The van der Waals surface area contributed by atoms with Crippen LogP contribution in [0.4, 0.5) is 0 Å². The first-order chi connectivity index (χ1) is 14.5. The molecule has 2 amide bonds. The maximum atomic E-state index is 12.4. The highest BCUT2D eigenvalue weighted by atomic mass is 16.5. The molecule has 0 radical (unpaired) electrons. The molecular weight excluding hydrogens is 388 g/mol. The zero-order chi connectivity index (χ0) is 21.3. The first kappa shape index (κ1) is 19.6. The smallest absolute Gasteiger partial charge is 0.420 e. The van der Waals surface area contributed by atoms with Gasteiger partial charge in [-0.1, -0.05) is 24.3 Å². The van der Waals surface area contributed by atoms with E-state index in [0.717, 1.165) is 0 Å². The van der Waals surface area contributed by atoms with E-state index >= 15 is 0 Å². The van der Waals surface area contributed by atoms with Crippen molar-refractivity contribution in [1.82, 2.24) is 9.47 Å². The van der Waals surface area contributed by atoms with E-state index in [1.165, 1.54) is 9.47 Å². The average molecular weight is 408 g/mol. The summed E-state index contributed by atoms with van der Waals surface area (Å²) in [4.78, 5) is 50.3. The van der Waals surface area contributed by atoms with Crippen LogP contribution in [-0.2, 0) is 9.53 Å². The van der Waals surface area contributed by atoms with Gasteiger partial charge in [-0.25, -0.2) is 9.59 Å². The molecule has 1 aliphatic heterocycles. The molecule has 0 unspecified atom stereocenters. The Hall–Kier alpha value is -3.68. The summed E-state index contributed by atoms with van der Waals surface area (Å²) in [5.74, 6) is -1.77. The van der Waals surface area contributed by atoms with E-state index in [9.17, 15) is 19.2 Å². The third-order valence-corrected chi connectivity index (χ3v) is 5.15. The average Bonchev–Trinajstić information content (AvgIpc) is 3.21. The van der Waals surface area contributed by atoms with Crippen LogP contribution in [0.1, 0.15) is 46.5 Å². The minimum absolute atomic E-state index is 0.122. The van der Waals surface area contributed by atoms with Crippen LogP contribution in [0.25, 0.3) is 11.1 Å². The highest BCUT2D eigenvalue weighted by Crippen LogP contribution is 2.23. The second-order valence-corrected chi connectivity index (χ2v) is 7.06. The molecule has 3 aromatic rings. The maximum absolute atomic E-state index is 12.4. The van der Waals surface area contributed by atoms with Crippen molar-refractivity contribution >= 4 is 28.9 Å². The van der Waals surface area contributed by atoms with E-state index in [1.807, 2.05) is 0 Å². The summed E-state index contributed by atoms with van der Waals surface area (Å²) >= 11 is 0. The van der Waals surface area contributed by atoms with Gasteiger partial charge in [0.05, 0.1) is 23.3 Å². The number of oxazole rings is 1. The third kappa shape index (κ3) is 3.41. The molecule has 0 aliphatic carbocycles. The normalized spacial score (nSPS) is 14.2. The van der Waals surface area contributed by atoms with Crippen LogP contribution < -0.4 is 5.76 Å². The van der Waals surface area contributed by atoms with Crippen LogP contribution >= 0.6 is 0 Å². The summed E-state index contributed by atoms with van der Waals surface area (Å²) in [5.41, 5.74) is 1.77. The van der Waals surface area contributed by atoms with E-state index < -0.39 is 17.8 Å². The van der Waals surface area contributed by atoms with Crippen molar-refractivity contribution in [3.8, 4) is 0 Å². The highest BCUT2D eigenvalue weighted by Gasteiger charge is 2.34. The van der Waals surface area contributed by atoms with Crippen molar-refractivity contribution in [3.63, 3.8) is 0 Å². The Morgan fingerprint density at radius 1 is 0.967 bits per heavy atom. The Balaban J connectivity index is 1.28. The van der Waals surface area contributed by atoms with Gasteiger partial charge in [-0.2, -0.15) is 0 Å². The number of nitrogens with zero attached hydrogens (tertiary/aromatic N) is 2. The Morgan fingerprint density at radius 3 is 2.30 bits per heavy atom. The molecule has 2 aromatic carbocycles. The van der Waals surface area contributed by atoms with E-state index in [0.29, 0.717) is 35.1 Å². The molecule has 1 aromatic heterocycles. The molecule has 1 aliphatic rings. The lowest BCUT2D eigenvalue weighted by Gasteiger charge is -2.14. The summed E-state index contributed by atoms with van der Waals surface area (Å²) in [5, 5.41) is 0. The van der Waals surface area contributed by atoms with Gasteiger partial charge in [0.25, 0.3) is 11.8 Å². The van der Waals surface area contributed by atoms with Crippen molar-refractivity contribution < 1.29 is 23.5 Å². The van der Waals surface area contributed by atoms with Gasteiger partial charge in [-0.05, 0) is 44.0 Å². The van der Waals surface area contributed by atoms with E-state index in [2.05, 4.69) is 0 Å². The molecule has 8 nitrogen and oxygen atoms in total. The second kappa shape index (κ2) is 7.98. The minimum Gasteiger partial charge on any atom is -0.464 e. The number of ether oxygens (including phenoxy) is 1. The number of benzene rings is 2. The second-order valence-electron chi connectivity index (χ2n) is 7.06. The van der Waals surface area contributed by atoms with Crippen molar-refractivity contribution in [3.05, 3.63) is 70.2 Å². The number of carbonyl (C=O) groups excluding carboxylic acids is 3. The zero-order valence-corrected chi connectivity index (χ0v) is 16.4. The first-order valence-corrected chi connectivity index (χ1v) is 9.71. The number of rotatable bonds is 7. The summed E-state index contributed by atoms with van der Waals surface area (Å²) in [6.07, 6.45) is 0.981. The number of fused-ring (bicyclic) bond motifs is 2. The third-order valence-electron chi connectivity index (χ3n) is 5.15. The molecule has 8 heteroatoms. The molecule has 4 rings (SSSR count). The summed E-state index contributed by atoms with van der Waals surface area (Å²) in [7, 11) is 0.